The molecule has 0 fully saturated rings. The van der Waals surface area contributed by atoms with Crippen LogP contribution >= 0.6 is 0 Å². The Labute approximate surface area is 195 Å². The fourth-order valence-corrected chi connectivity index (χ4v) is 4.48. The number of carbonyl (C=O) groups excluding carboxylic acids is 2. The lowest BCUT2D eigenvalue weighted by Gasteiger charge is -2.09. The molecule has 0 N–H and O–H groups in total. The minimum absolute atomic E-state index is 0.193. The first-order chi connectivity index (χ1) is 15.3. The molecule has 0 rings (SSSR count). The van der Waals surface area contributed by atoms with Crippen LogP contribution < -0.4 is 0 Å². The Morgan fingerprint density at radius 1 is 0.516 bits per heavy atom. The van der Waals surface area contributed by atoms with E-state index in [1.54, 1.807) is 0 Å². The van der Waals surface area contributed by atoms with Gasteiger partial charge in [0.2, 0.25) is 0 Å². The van der Waals surface area contributed by atoms with E-state index in [1.807, 2.05) is 0 Å². The highest BCUT2D eigenvalue weighted by atomic mass is 16.1. The van der Waals surface area contributed by atoms with Crippen molar-refractivity contribution in [2.45, 2.75) is 168 Å². The van der Waals surface area contributed by atoms with Crippen LogP contribution in [0, 0.1) is 5.92 Å². The molecular weight excluding hydrogens is 380 g/mol. The minimum atomic E-state index is -0.332. The topological polar surface area (TPSA) is 34.1 Å². The molecule has 0 aromatic heterocycles. The zero-order valence-corrected chi connectivity index (χ0v) is 21.4. The van der Waals surface area contributed by atoms with E-state index in [0.29, 0.717) is 6.42 Å². The molecule has 2 nitrogen and oxygen atoms in total. The van der Waals surface area contributed by atoms with Crippen molar-refractivity contribution in [3.63, 3.8) is 0 Å². The molecule has 0 amide bonds. The van der Waals surface area contributed by atoms with E-state index in [9.17, 15) is 9.59 Å². The molecule has 1 unspecified atom stereocenters. The third-order valence-electron chi connectivity index (χ3n) is 6.72. The van der Waals surface area contributed by atoms with E-state index in [2.05, 4.69) is 13.8 Å². The Kier molecular flexibility index (Phi) is 25.1. The van der Waals surface area contributed by atoms with Gasteiger partial charge in [-0.05, 0) is 12.8 Å². The van der Waals surface area contributed by atoms with Crippen molar-refractivity contribution in [3.05, 3.63) is 0 Å². The zero-order valence-electron chi connectivity index (χ0n) is 21.4. The van der Waals surface area contributed by atoms with Gasteiger partial charge in [-0.15, -0.1) is 0 Å². The van der Waals surface area contributed by atoms with E-state index >= 15 is 0 Å². The summed E-state index contributed by atoms with van der Waals surface area (Å²) in [6, 6.07) is 0. The second-order valence-electron chi connectivity index (χ2n) is 9.82. The molecule has 0 radical (unpaired) electrons. The number of unbranched alkanes of at least 4 members (excludes halogenated alkanes) is 20. The maximum atomic E-state index is 12.3. The molecule has 0 spiro atoms. The summed E-state index contributed by atoms with van der Waals surface area (Å²) in [4.78, 5) is 23.7. The van der Waals surface area contributed by atoms with Crippen molar-refractivity contribution in [3.8, 4) is 0 Å². The smallest absolute Gasteiger partial charge is 0.143 e. The Hall–Kier alpha value is -0.660. The number of aldehydes is 1. The van der Waals surface area contributed by atoms with E-state index in [4.69, 9.17) is 0 Å². The number of hydrogen-bond donors (Lipinski definition) is 0. The molecule has 0 heterocycles. The Morgan fingerprint density at radius 3 is 1.19 bits per heavy atom. The van der Waals surface area contributed by atoms with Crippen molar-refractivity contribution in [1.29, 1.82) is 0 Å². The van der Waals surface area contributed by atoms with Crippen LogP contribution in [0.5, 0.6) is 0 Å². The molecule has 0 aromatic carbocycles. The molecule has 0 aromatic rings. The first-order valence-corrected chi connectivity index (χ1v) is 14.2. The normalized spacial score (nSPS) is 12.2. The molecule has 0 bridgehead atoms. The number of ketones is 1. The average Bonchev–Trinajstić information content (AvgIpc) is 2.78. The van der Waals surface area contributed by atoms with Crippen molar-refractivity contribution in [1.82, 2.24) is 0 Å². The fourth-order valence-electron chi connectivity index (χ4n) is 4.48. The molecule has 31 heavy (non-hydrogen) atoms. The van der Waals surface area contributed by atoms with Gasteiger partial charge in [-0.25, -0.2) is 0 Å². The second-order valence-corrected chi connectivity index (χ2v) is 9.82. The molecule has 0 aliphatic heterocycles. The van der Waals surface area contributed by atoms with Gasteiger partial charge < -0.3 is 4.79 Å². The summed E-state index contributed by atoms with van der Waals surface area (Å²) in [5.74, 6) is -0.139. The van der Waals surface area contributed by atoms with Crippen LogP contribution in [0.4, 0.5) is 0 Å². The van der Waals surface area contributed by atoms with Gasteiger partial charge in [0.1, 0.15) is 12.1 Å². The van der Waals surface area contributed by atoms with Gasteiger partial charge in [0.05, 0.1) is 5.92 Å². The fraction of sp³-hybridized carbons (Fsp3) is 0.931. The number of rotatable bonds is 26. The monoisotopic (exact) mass is 436 g/mol. The molecule has 0 saturated heterocycles. The minimum Gasteiger partial charge on any atom is -0.303 e. The average molecular weight is 437 g/mol. The van der Waals surface area contributed by atoms with Gasteiger partial charge >= 0.3 is 0 Å². The van der Waals surface area contributed by atoms with Crippen LogP contribution in [-0.4, -0.2) is 12.1 Å². The highest BCUT2D eigenvalue weighted by Crippen LogP contribution is 2.17. The van der Waals surface area contributed by atoms with Crippen molar-refractivity contribution in [2.75, 3.05) is 0 Å². The maximum Gasteiger partial charge on any atom is 0.143 e. The molecule has 2 heteroatoms. The lowest BCUT2D eigenvalue weighted by molar-refractivity contribution is -0.127. The third kappa shape index (κ3) is 22.3. The highest BCUT2D eigenvalue weighted by molar-refractivity contribution is 5.93. The summed E-state index contributed by atoms with van der Waals surface area (Å²) in [6.07, 6.45) is 31.0. The van der Waals surface area contributed by atoms with Crippen molar-refractivity contribution < 1.29 is 9.59 Å². The van der Waals surface area contributed by atoms with E-state index in [0.717, 1.165) is 32.0 Å². The standard InChI is InChI=1S/C29H56O2/c1-3-5-7-9-11-13-15-17-19-21-23-25-28(27-30)29(31)26-24-22-20-18-16-14-12-10-8-6-4-2/h27-28H,3-26H2,1-2H3. The molecule has 0 aliphatic rings. The highest BCUT2D eigenvalue weighted by Gasteiger charge is 2.16. The van der Waals surface area contributed by atoms with Crippen LogP contribution in [0.1, 0.15) is 168 Å². The molecule has 1 atom stereocenters. The number of Topliss-reactive ketones (excluding diaryl/α,β-unsaturated/α-hetero) is 1. The third-order valence-corrected chi connectivity index (χ3v) is 6.72. The van der Waals surface area contributed by atoms with E-state index < -0.39 is 0 Å². The van der Waals surface area contributed by atoms with Crippen molar-refractivity contribution in [2.24, 2.45) is 5.92 Å². The van der Waals surface area contributed by atoms with Crippen molar-refractivity contribution >= 4 is 12.1 Å². The van der Waals surface area contributed by atoms with Gasteiger partial charge in [-0.1, -0.05) is 149 Å². The molecular formula is C29H56O2. The summed E-state index contributed by atoms with van der Waals surface area (Å²) in [6.45, 7) is 4.53. The van der Waals surface area contributed by atoms with Crippen LogP contribution in [0.25, 0.3) is 0 Å². The quantitative estimate of drug-likeness (QED) is 0.0768. The summed E-state index contributed by atoms with van der Waals surface area (Å²) in [5, 5.41) is 0. The number of carbonyl (C=O) groups is 2. The van der Waals surface area contributed by atoms with Gasteiger partial charge in [-0.2, -0.15) is 0 Å². The first-order valence-electron chi connectivity index (χ1n) is 14.2. The van der Waals surface area contributed by atoms with E-state index in [1.165, 1.54) is 122 Å². The van der Waals surface area contributed by atoms with Gasteiger partial charge in [0.15, 0.2) is 0 Å². The predicted octanol–water partition coefficient (Wildman–Crippen LogP) is 9.77. The molecule has 0 saturated carbocycles. The molecule has 0 aliphatic carbocycles. The SMILES string of the molecule is CCCCCCCCCCCCCC(=O)C(C=O)CCCCCCCCCCCCC. The first kappa shape index (κ1) is 30.3. The summed E-state index contributed by atoms with van der Waals surface area (Å²) in [7, 11) is 0. The summed E-state index contributed by atoms with van der Waals surface area (Å²) >= 11 is 0. The van der Waals surface area contributed by atoms with Crippen LogP contribution in [0.2, 0.25) is 0 Å². The van der Waals surface area contributed by atoms with Gasteiger partial charge in [0, 0.05) is 6.42 Å². The largest absolute Gasteiger partial charge is 0.303 e. The summed E-state index contributed by atoms with van der Waals surface area (Å²) < 4.78 is 0. The van der Waals surface area contributed by atoms with Crippen LogP contribution in [0.15, 0.2) is 0 Å². The Bertz CT molecular complexity index is 377. The predicted molar refractivity (Wildman–Crippen MR) is 137 cm³/mol. The number of hydrogen-bond acceptors (Lipinski definition) is 2. The Morgan fingerprint density at radius 2 is 0.839 bits per heavy atom. The zero-order chi connectivity index (χ0) is 22.8. The van der Waals surface area contributed by atoms with Gasteiger partial charge in [-0.3, -0.25) is 4.79 Å². The molecule has 184 valence electrons. The summed E-state index contributed by atoms with van der Waals surface area (Å²) in [5.41, 5.74) is 0. The van der Waals surface area contributed by atoms with Gasteiger partial charge in [0.25, 0.3) is 0 Å². The lowest BCUT2D eigenvalue weighted by atomic mass is 9.94. The van der Waals surface area contributed by atoms with Crippen LogP contribution in [-0.2, 0) is 9.59 Å². The lowest BCUT2D eigenvalue weighted by Crippen LogP contribution is -2.15. The Balaban J connectivity index is 3.46. The maximum absolute atomic E-state index is 12.3. The second kappa shape index (κ2) is 25.6. The van der Waals surface area contributed by atoms with Crippen LogP contribution in [0.3, 0.4) is 0 Å². The van der Waals surface area contributed by atoms with E-state index in [-0.39, 0.29) is 11.7 Å².